The van der Waals surface area contributed by atoms with Crippen molar-refractivity contribution in [1.82, 2.24) is 9.88 Å². The zero-order chi connectivity index (χ0) is 35.3. The predicted octanol–water partition coefficient (Wildman–Crippen LogP) is 8.00. The lowest BCUT2D eigenvalue weighted by Gasteiger charge is -2.41. The van der Waals surface area contributed by atoms with Crippen LogP contribution in [0.4, 0.5) is 10.1 Å². The number of benzene rings is 2. The molecule has 2 aromatic carbocycles. The van der Waals surface area contributed by atoms with E-state index < -0.39 is 17.7 Å². The van der Waals surface area contributed by atoms with Gasteiger partial charge in [-0.25, -0.2) is 9.18 Å². The van der Waals surface area contributed by atoms with Crippen LogP contribution in [0.3, 0.4) is 0 Å². The van der Waals surface area contributed by atoms with Gasteiger partial charge in [-0.15, -0.1) is 0 Å². The molecule has 2 aliphatic rings. The molecule has 0 bridgehead atoms. The van der Waals surface area contributed by atoms with Crippen LogP contribution in [0.5, 0.6) is 5.75 Å². The van der Waals surface area contributed by atoms with Gasteiger partial charge in [-0.2, -0.15) is 0 Å². The van der Waals surface area contributed by atoms with Gasteiger partial charge in [0.05, 0.1) is 29.7 Å². The summed E-state index contributed by atoms with van der Waals surface area (Å²) in [5, 5.41) is 10.6. The standard InChI is InChI=1S/C40H54FN3O5/c1-27-34(37(38(45)46)49-39(2,3)4)36(44-23-19-40(5,6)20-24-44)35(33(42-27)26-43-21-16-31(47-7)17-22-43)29-10-14-32(15-11-29)48-25-18-28-8-12-30(41)13-9-28/h8-15,31,37H,16-26H2,1-7H3,(H,45,46)/t37-/m0/s1. The van der Waals surface area contributed by atoms with Crippen molar-refractivity contribution in [3.8, 4) is 16.9 Å². The van der Waals surface area contributed by atoms with Crippen molar-refractivity contribution in [3.05, 3.63) is 76.9 Å². The molecule has 2 aliphatic heterocycles. The summed E-state index contributed by atoms with van der Waals surface area (Å²) in [6, 6.07) is 14.5. The number of methoxy groups -OCH3 is 1. The fourth-order valence-electron chi connectivity index (χ4n) is 6.91. The molecule has 0 saturated carbocycles. The Labute approximate surface area is 291 Å². The number of anilines is 1. The Morgan fingerprint density at radius 1 is 1.02 bits per heavy atom. The van der Waals surface area contributed by atoms with Crippen LogP contribution in [-0.2, 0) is 27.2 Å². The summed E-state index contributed by atoms with van der Waals surface area (Å²) in [6.45, 7) is 16.7. The Bertz CT molecular complexity index is 1550. The maximum atomic E-state index is 13.3. The second kappa shape index (κ2) is 15.6. The summed E-state index contributed by atoms with van der Waals surface area (Å²) in [5.74, 6) is -0.543. The highest BCUT2D eigenvalue weighted by Gasteiger charge is 2.37. The molecule has 2 saturated heterocycles. The Kier molecular flexibility index (Phi) is 11.7. The average Bonchev–Trinajstić information content (AvgIpc) is 3.05. The van der Waals surface area contributed by atoms with Gasteiger partial charge in [-0.3, -0.25) is 9.88 Å². The third-order valence-electron chi connectivity index (χ3n) is 9.82. The minimum absolute atomic E-state index is 0.203. The van der Waals surface area contributed by atoms with Crippen molar-refractivity contribution in [3.63, 3.8) is 0 Å². The smallest absolute Gasteiger partial charge is 0.337 e. The van der Waals surface area contributed by atoms with Gasteiger partial charge in [0.1, 0.15) is 11.6 Å². The van der Waals surface area contributed by atoms with Crippen LogP contribution in [0.25, 0.3) is 11.1 Å². The summed E-state index contributed by atoms with van der Waals surface area (Å²) in [7, 11) is 1.78. The quantitative estimate of drug-likeness (QED) is 0.207. The number of carboxylic acids is 1. The van der Waals surface area contributed by atoms with E-state index in [4.69, 9.17) is 19.2 Å². The first-order valence-electron chi connectivity index (χ1n) is 17.6. The third-order valence-corrected chi connectivity index (χ3v) is 9.82. The summed E-state index contributed by atoms with van der Waals surface area (Å²) in [6.07, 6.45) is 3.65. The van der Waals surface area contributed by atoms with Crippen LogP contribution in [0, 0.1) is 18.2 Å². The lowest BCUT2D eigenvalue weighted by atomic mass is 9.81. The van der Waals surface area contributed by atoms with Crippen molar-refractivity contribution in [1.29, 1.82) is 0 Å². The van der Waals surface area contributed by atoms with E-state index in [1.807, 2.05) is 39.8 Å². The fraction of sp³-hybridized carbons (Fsp3) is 0.550. The highest BCUT2D eigenvalue weighted by molar-refractivity contribution is 5.88. The van der Waals surface area contributed by atoms with Crippen molar-refractivity contribution >= 4 is 11.7 Å². The molecular weight excluding hydrogens is 621 g/mol. The van der Waals surface area contributed by atoms with Gasteiger partial charge in [-0.1, -0.05) is 38.1 Å². The van der Waals surface area contributed by atoms with Crippen molar-refractivity contribution in [2.75, 3.05) is 44.8 Å². The Balaban J connectivity index is 1.58. The van der Waals surface area contributed by atoms with Crippen molar-refractivity contribution in [2.24, 2.45) is 5.41 Å². The maximum absolute atomic E-state index is 13.3. The number of rotatable bonds is 12. The number of carboxylic acid groups (broad SMARTS) is 1. The van der Waals surface area contributed by atoms with E-state index in [9.17, 15) is 14.3 Å². The van der Waals surface area contributed by atoms with E-state index in [1.165, 1.54) is 12.1 Å². The van der Waals surface area contributed by atoms with Crippen molar-refractivity contribution < 1.29 is 28.5 Å². The van der Waals surface area contributed by atoms with Crippen LogP contribution >= 0.6 is 0 Å². The first-order valence-corrected chi connectivity index (χ1v) is 17.6. The molecule has 5 rings (SSSR count). The molecule has 9 heteroatoms. The highest BCUT2D eigenvalue weighted by Crippen LogP contribution is 2.45. The van der Waals surface area contributed by atoms with Gasteiger partial charge < -0.3 is 24.2 Å². The molecule has 49 heavy (non-hydrogen) atoms. The lowest BCUT2D eigenvalue weighted by molar-refractivity contribution is -0.160. The minimum atomic E-state index is -1.18. The third kappa shape index (κ3) is 9.59. The number of aryl methyl sites for hydroxylation is 1. The molecule has 0 radical (unpaired) electrons. The molecule has 1 N–H and O–H groups in total. The number of aromatic nitrogens is 1. The summed E-state index contributed by atoms with van der Waals surface area (Å²) < 4.78 is 31.4. The first-order chi connectivity index (χ1) is 23.2. The molecule has 1 aromatic heterocycles. The number of hydrogen-bond donors (Lipinski definition) is 1. The van der Waals surface area contributed by atoms with Crippen LogP contribution in [0.1, 0.15) is 88.9 Å². The second-order valence-electron chi connectivity index (χ2n) is 15.3. The summed E-state index contributed by atoms with van der Waals surface area (Å²) in [4.78, 5) is 23.0. The molecule has 0 aliphatic carbocycles. The van der Waals surface area contributed by atoms with Gasteiger partial charge in [0, 0.05) is 63.1 Å². The number of piperidine rings is 2. The van der Waals surface area contributed by atoms with Gasteiger partial charge in [-0.05, 0) is 94.2 Å². The van der Waals surface area contributed by atoms with Crippen LogP contribution in [-0.4, -0.2) is 72.6 Å². The highest BCUT2D eigenvalue weighted by atomic mass is 19.1. The minimum Gasteiger partial charge on any atom is -0.493 e. The molecule has 1 atom stereocenters. The van der Waals surface area contributed by atoms with Gasteiger partial charge in [0.15, 0.2) is 6.10 Å². The summed E-state index contributed by atoms with van der Waals surface area (Å²) in [5.41, 5.74) is 5.59. The number of pyridine rings is 1. The molecular formula is C40H54FN3O5. The van der Waals surface area contributed by atoms with Gasteiger partial charge >= 0.3 is 5.97 Å². The molecule has 266 valence electrons. The maximum Gasteiger partial charge on any atom is 0.337 e. The number of carbonyl (C=O) groups is 1. The topological polar surface area (TPSA) is 84.4 Å². The molecule has 0 amide bonds. The monoisotopic (exact) mass is 675 g/mol. The zero-order valence-corrected chi connectivity index (χ0v) is 30.4. The van der Waals surface area contributed by atoms with E-state index in [2.05, 4.69) is 35.8 Å². The number of aliphatic carboxylic acids is 1. The van der Waals surface area contributed by atoms with E-state index in [0.29, 0.717) is 30.8 Å². The van der Waals surface area contributed by atoms with Crippen molar-refractivity contribution in [2.45, 2.75) is 98.0 Å². The van der Waals surface area contributed by atoms with Gasteiger partial charge in [0.2, 0.25) is 0 Å². The largest absolute Gasteiger partial charge is 0.493 e. The van der Waals surface area contributed by atoms with E-state index in [1.54, 1.807) is 19.2 Å². The molecule has 8 nitrogen and oxygen atoms in total. The Hall–Kier alpha value is -3.53. The number of nitrogens with zero attached hydrogens (tertiary/aromatic N) is 3. The second-order valence-corrected chi connectivity index (χ2v) is 15.3. The molecule has 0 unspecified atom stereocenters. The SMILES string of the molecule is COC1CCN(Cc2nc(C)c([C@H](OC(C)(C)C)C(=O)O)c(N3CCC(C)(C)CC3)c2-c2ccc(OCCc3ccc(F)cc3)cc2)CC1. The van der Waals surface area contributed by atoms with E-state index >= 15 is 0 Å². The average molecular weight is 676 g/mol. The predicted molar refractivity (Wildman–Crippen MR) is 192 cm³/mol. The molecule has 2 fully saturated rings. The van der Waals surface area contributed by atoms with Crippen LogP contribution in [0.2, 0.25) is 0 Å². The number of hydrogen-bond acceptors (Lipinski definition) is 7. The molecule has 3 aromatic rings. The van der Waals surface area contributed by atoms with Crippen LogP contribution < -0.4 is 9.64 Å². The van der Waals surface area contributed by atoms with E-state index in [-0.39, 0.29) is 17.3 Å². The number of ether oxygens (including phenoxy) is 3. The normalized spacial score (nSPS) is 18.0. The zero-order valence-electron chi connectivity index (χ0n) is 30.4. The Morgan fingerprint density at radius 2 is 1.65 bits per heavy atom. The summed E-state index contributed by atoms with van der Waals surface area (Å²) >= 11 is 0. The first kappa shape index (κ1) is 36.7. The number of halogens is 1. The van der Waals surface area contributed by atoms with E-state index in [0.717, 1.165) is 85.7 Å². The number of likely N-dealkylation sites (tertiary alicyclic amines) is 1. The fourth-order valence-corrected chi connectivity index (χ4v) is 6.91. The van der Waals surface area contributed by atoms with Gasteiger partial charge in [0.25, 0.3) is 0 Å². The molecule has 0 spiro atoms. The lowest BCUT2D eigenvalue weighted by Crippen LogP contribution is -2.40. The van der Waals surface area contributed by atoms with Crippen LogP contribution in [0.15, 0.2) is 48.5 Å². The molecule has 3 heterocycles. The Morgan fingerprint density at radius 3 is 2.22 bits per heavy atom.